The molecule has 0 spiro atoms. The molecule has 1 N–H and O–H groups in total. The van der Waals surface area contributed by atoms with Crippen molar-refractivity contribution >= 4 is 14.3 Å². The number of benzene rings is 1. The highest BCUT2D eigenvalue weighted by Crippen LogP contribution is 2.40. The van der Waals surface area contributed by atoms with Gasteiger partial charge in [0.1, 0.15) is 0 Å². The minimum Gasteiger partial charge on any atom is -0.481 e. The van der Waals surface area contributed by atoms with Crippen LogP contribution in [0.4, 0.5) is 0 Å². The van der Waals surface area contributed by atoms with Gasteiger partial charge in [-0.2, -0.15) is 0 Å². The van der Waals surface area contributed by atoms with Gasteiger partial charge in [-0.1, -0.05) is 51.1 Å². The van der Waals surface area contributed by atoms with Crippen molar-refractivity contribution in [2.75, 3.05) is 0 Å². The summed E-state index contributed by atoms with van der Waals surface area (Å²) in [5, 5.41) is 8.97. The van der Waals surface area contributed by atoms with E-state index >= 15 is 0 Å². The van der Waals surface area contributed by atoms with Gasteiger partial charge in [-0.05, 0) is 36.5 Å². The van der Waals surface area contributed by atoms with Crippen LogP contribution in [0.1, 0.15) is 51.7 Å². The fourth-order valence-electron chi connectivity index (χ4n) is 1.93. The second-order valence-electron chi connectivity index (χ2n) is 7.06. The lowest BCUT2D eigenvalue weighted by Crippen LogP contribution is -2.41. The Morgan fingerprint density at radius 2 is 1.81 bits per heavy atom. The van der Waals surface area contributed by atoms with Crippen molar-refractivity contribution in [1.82, 2.24) is 0 Å². The molecule has 1 rings (SSSR count). The van der Waals surface area contributed by atoms with Crippen molar-refractivity contribution in [3.8, 4) is 0 Å². The number of carbonyl (C=O) groups is 1. The standard InChI is InChI=1S/C17H28O3Si/c1-17(2,3)21(4,5)20-15(12-9-13-16(18)19)14-10-7-6-8-11-14/h6-8,10-11,15H,9,12-13H2,1-5H3,(H,18,19). The molecule has 1 atom stereocenters. The highest BCUT2D eigenvalue weighted by atomic mass is 28.4. The van der Waals surface area contributed by atoms with E-state index in [4.69, 9.17) is 9.53 Å². The highest BCUT2D eigenvalue weighted by molar-refractivity contribution is 6.74. The molecule has 1 aromatic carbocycles. The fourth-order valence-corrected chi connectivity index (χ4v) is 3.25. The first-order chi connectivity index (χ1) is 9.63. The zero-order valence-corrected chi connectivity index (χ0v) is 14.8. The van der Waals surface area contributed by atoms with Gasteiger partial charge in [0, 0.05) is 6.42 Å². The lowest BCUT2D eigenvalue weighted by molar-refractivity contribution is -0.137. The van der Waals surface area contributed by atoms with Gasteiger partial charge in [0.2, 0.25) is 0 Å². The Balaban J connectivity index is 2.85. The molecule has 0 saturated heterocycles. The summed E-state index contributed by atoms with van der Waals surface area (Å²) in [7, 11) is -1.88. The van der Waals surface area contributed by atoms with E-state index in [2.05, 4.69) is 46.0 Å². The number of hydrogen-bond donors (Lipinski definition) is 1. The molecule has 0 aliphatic heterocycles. The van der Waals surface area contributed by atoms with Gasteiger partial charge < -0.3 is 9.53 Å². The Morgan fingerprint density at radius 1 is 1.24 bits per heavy atom. The summed E-state index contributed by atoms with van der Waals surface area (Å²) in [5.74, 6) is -0.742. The van der Waals surface area contributed by atoms with Crippen molar-refractivity contribution in [1.29, 1.82) is 0 Å². The maximum atomic E-state index is 10.7. The van der Waals surface area contributed by atoms with Crippen LogP contribution >= 0.6 is 0 Å². The van der Waals surface area contributed by atoms with Crippen molar-refractivity contribution in [2.45, 2.75) is 64.3 Å². The summed E-state index contributed by atoms with van der Waals surface area (Å²) < 4.78 is 6.52. The number of carboxylic acid groups (broad SMARTS) is 1. The Morgan fingerprint density at radius 3 is 2.29 bits per heavy atom. The number of rotatable bonds is 7. The maximum absolute atomic E-state index is 10.7. The fraction of sp³-hybridized carbons (Fsp3) is 0.588. The molecule has 0 fully saturated rings. The van der Waals surface area contributed by atoms with Crippen molar-refractivity contribution in [3.63, 3.8) is 0 Å². The van der Waals surface area contributed by atoms with E-state index in [1.54, 1.807) is 0 Å². The van der Waals surface area contributed by atoms with E-state index in [1.165, 1.54) is 0 Å². The first-order valence-electron chi connectivity index (χ1n) is 7.58. The molecule has 0 bridgehead atoms. The first kappa shape index (κ1) is 17.9. The molecule has 1 aromatic rings. The topological polar surface area (TPSA) is 46.5 Å². The molecule has 4 heteroatoms. The molecule has 21 heavy (non-hydrogen) atoms. The van der Waals surface area contributed by atoms with E-state index in [0.717, 1.165) is 12.0 Å². The molecular weight excluding hydrogens is 280 g/mol. The zero-order valence-electron chi connectivity index (χ0n) is 13.8. The summed E-state index contributed by atoms with van der Waals surface area (Å²) in [4.78, 5) is 10.7. The van der Waals surface area contributed by atoms with Gasteiger partial charge >= 0.3 is 5.97 Å². The molecule has 0 amide bonds. The van der Waals surface area contributed by atoms with Crippen LogP contribution in [0.2, 0.25) is 18.1 Å². The van der Waals surface area contributed by atoms with Gasteiger partial charge in [-0.3, -0.25) is 4.79 Å². The second kappa shape index (κ2) is 7.23. The third kappa shape index (κ3) is 5.63. The summed E-state index contributed by atoms with van der Waals surface area (Å²) in [6, 6.07) is 10.1. The predicted molar refractivity (Wildman–Crippen MR) is 89.0 cm³/mol. The highest BCUT2D eigenvalue weighted by Gasteiger charge is 2.39. The third-order valence-corrected chi connectivity index (χ3v) is 8.76. The van der Waals surface area contributed by atoms with Crippen LogP contribution < -0.4 is 0 Å². The van der Waals surface area contributed by atoms with E-state index in [9.17, 15) is 4.79 Å². The Bertz CT molecular complexity index is 449. The first-order valence-corrected chi connectivity index (χ1v) is 10.5. The van der Waals surface area contributed by atoms with E-state index in [0.29, 0.717) is 6.42 Å². The maximum Gasteiger partial charge on any atom is 0.303 e. The summed E-state index contributed by atoms with van der Waals surface area (Å²) in [6.07, 6.45) is 1.59. The molecule has 0 saturated carbocycles. The number of hydrogen-bond acceptors (Lipinski definition) is 2. The minimum atomic E-state index is -1.88. The monoisotopic (exact) mass is 308 g/mol. The Hall–Kier alpha value is -1.13. The molecule has 0 aromatic heterocycles. The van der Waals surface area contributed by atoms with Crippen LogP contribution in [0, 0.1) is 0 Å². The van der Waals surface area contributed by atoms with Crippen LogP contribution in [-0.4, -0.2) is 19.4 Å². The number of carboxylic acids is 1. The van der Waals surface area contributed by atoms with Crippen molar-refractivity contribution < 1.29 is 14.3 Å². The van der Waals surface area contributed by atoms with Crippen LogP contribution in [0.15, 0.2) is 30.3 Å². The van der Waals surface area contributed by atoms with E-state index in [1.807, 2.05) is 18.2 Å². The minimum absolute atomic E-state index is 0.00792. The van der Waals surface area contributed by atoms with E-state index < -0.39 is 14.3 Å². The van der Waals surface area contributed by atoms with Crippen LogP contribution in [0.5, 0.6) is 0 Å². The zero-order chi connectivity index (χ0) is 16.1. The normalized spacial score (nSPS) is 14.0. The Labute approximate surface area is 129 Å². The van der Waals surface area contributed by atoms with Crippen LogP contribution in [-0.2, 0) is 9.22 Å². The average Bonchev–Trinajstić information content (AvgIpc) is 2.36. The SMILES string of the molecule is CC(C)(C)[Si](C)(C)OC(CCCC(=O)O)c1ccccc1. The second-order valence-corrected chi connectivity index (χ2v) is 11.8. The van der Waals surface area contributed by atoms with Gasteiger partial charge in [-0.15, -0.1) is 0 Å². The molecule has 1 unspecified atom stereocenters. The molecule has 0 aliphatic carbocycles. The van der Waals surface area contributed by atoms with Crippen molar-refractivity contribution in [2.24, 2.45) is 0 Å². The Kier molecular flexibility index (Phi) is 6.17. The van der Waals surface area contributed by atoms with Crippen LogP contribution in [0.3, 0.4) is 0 Å². The smallest absolute Gasteiger partial charge is 0.303 e. The number of aliphatic carboxylic acids is 1. The summed E-state index contributed by atoms with van der Waals surface area (Å²) >= 11 is 0. The largest absolute Gasteiger partial charge is 0.481 e. The average molecular weight is 308 g/mol. The lowest BCUT2D eigenvalue weighted by Gasteiger charge is -2.39. The van der Waals surface area contributed by atoms with Crippen LogP contribution in [0.25, 0.3) is 0 Å². The quantitative estimate of drug-likeness (QED) is 0.721. The molecule has 118 valence electrons. The van der Waals surface area contributed by atoms with Gasteiger partial charge in [-0.25, -0.2) is 0 Å². The van der Waals surface area contributed by atoms with Gasteiger partial charge in [0.05, 0.1) is 6.10 Å². The van der Waals surface area contributed by atoms with Gasteiger partial charge in [0.15, 0.2) is 8.32 Å². The molecular formula is C17H28O3Si. The van der Waals surface area contributed by atoms with Gasteiger partial charge in [0.25, 0.3) is 0 Å². The lowest BCUT2D eigenvalue weighted by atomic mass is 10.0. The molecule has 0 radical (unpaired) electrons. The summed E-state index contributed by atoms with van der Waals surface area (Å²) in [6.45, 7) is 11.1. The van der Waals surface area contributed by atoms with E-state index in [-0.39, 0.29) is 17.6 Å². The molecule has 3 nitrogen and oxygen atoms in total. The molecule has 0 heterocycles. The molecule has 0 aliphatic rings. The van der Waals surface area contributed by atoms with Crippen molar-refractivity contribution in [3.05, 3.63) is 35.9 Å². The third-order valence-electron chi connectivity index (χ3n) is 4.27. The summed E-state index contributed by atoms with van der Waals surface area (Å²) in [5.41, 5.74) is 1.15. The predicted octanol–water partition coefficient (Wildman–Crippen LogP) is 5.00.